The lowest BCUT2D eigenvalue weighted by atomic mass is 10.1. The maximum atomic E-state index is 11.8. The van der Waals surface area contributed by atoms with Crippen LogP contribution in [0.25, 0.3) is 0 Å². The van der Waals surface area contributed by atoms with Gasteiger partial charge in [-0.15, -0.1) is 0 Å². The van der Waals surface area contributed by atoms with Crippen molar-refractivity contribution in [3.63, 3.8) is 0 Å². The number of aryl methyl sites for hydroxylation is 2. The zero-order valence-corrected chi connectivity index (χ0v) is 11.5. The summed E-state index contributed by atoms with van der Waals surface area (Å²) in [5.41, 5.74) is 2.45. The molecule has 0 aliphatic carbocycles. The highest BCUT2D eigenvalue weighted by molar-refractivity contribution is 6.39. The number of rotatable bonds is 4. The molecule has 1 atom stereocenters. The largest absolute Gasteiger partial charge is 0.394 e. The van der Waals surface area contributed by atoms with E-state index in [-0.39, 0.29) is 6.61 Å². The van der Waals surface area contributed by atoms with Crippen LogP contribution < -0.4 is 10.6 Å². The Morgan fingerprint density at radius 1 is 1.21 bits per heavy atom. The molecule has 0 radical (unpaired) electrons. The van der Waals surface area contributed by atoms with Crippen LogP contribution in [0.2, 0.25) is 0 Å². The number of amides is 2. The van der Waals surface area contributed by atoms with Crippen molar-refractivity contribution in [3.05, 3.63) is 29.3 Å². The van der Waals surface area contributed by atoms with E-state index in [2.05, 4.69) is 10.6 Å². The number of hydrogen-bond donors (Lipinski definition) is 3. The van der Waals surface area contributed by atoms with Crippen LogP contribution in [-0.2, 0) is 9.59 Å². The van der Waals surface area contributed by atoms with Gasteiger partial charge in [0.15, 0.2) is 0 Å². The first-order valence-electron chi connectivity index (χ1n) is 6.28. The van der Waals surface area contributed by atoms with Crippen molar-refractivity contribution in [2.45, 2.75) is 33.2 Å². The average Bonchev–Trinajstić information content (AvgIpc) is 2.39. The van der Waals surface area contributed by atoms with Gasteiger partial charge in [0.25, 0.3) is 0 Å². The molecule has 104 valence electrons. The Bertz CT molecular complexity index is 448. The van der Waals surface area contributed by atoms with Crippen LogP contribution in [0.3, 0.4) is 0 Å². The van der Waals surface area contributed by atoms with Crippen molar-refractivity contribution in [2.24, 2.45) is 0 Å². The fourth-order valence-corrected chi connectivity index (χ4v) is 1.71. The zero-order chi connectivity index (χ0) is 14.4. The molecule has 0 aliphatic rings. The lowest BCUT2D eigenvalue weighted by Gasteiger charge is -2.15. The molecule has 3 N–H and O–H groups in total. The molecule has 1 rings (SSSR count). The molecular weight excluding hydrogens is 244 g/mol. The Labute approximate surface area is 113 Å². The Balaban J connectivity index is 2.72. The van der Waals surface area contributed by atoms with E-state index in [1.807, 2.05) is 39.0 Å². The Kier molecular flexibility index (Phi) is 5.51. The van der Waals surface area contributed by atoms with Crippen molar-refractivity contribution >= 4 is 17.5 Å². The molecule has 0 fully saturated rings. The summed E-state index contributed by atoms with van der Waals surface area (Å²) in [6.07, 6.45) is 0.568. The molecule has 0 saturated heterocycles. The summed E-state index contributed by atoms with van der Waals surface area (Å²) < 4.78 is 0. The maximum absolute atomic E-state index is 11.8. The number of carbonyl (C=O) groups excluding carboxylic acids is 2. The second kappa shape index (κ2) is 6.89. The van der Waals surface area contributed by atoms with Gasteiger partial charge < -0.3 is 15.7 Å². The number of aliphatic hydroxyl groups is 1. The lowest BCUT2D eigenvalue weighted by Crippen LogP contribution is -2.43. The van der Waals surface area contributed by atoms with Crippen molar-refractivity contribution in [3.8, 4) is 0 Å². The number of nitrogens with one attached hydrogen (secondary N) is 2. The number of anilines is 1. The summed E-state index contributed by atoms with van der Waals surface area (Å²) in [5, 5.41) is 14.1. The number of aliphatic hydroxyl groups excluding tert-OH is 1. The van der Waals surface area contributed by atoms with Gasteiger partial charge in [-0.1, -0.05) is 25.1 Å². The first-order chi connectivity index (χ1) is 8.99. The summed E-state index contributed by atoms with van der Waals surface area (Å²) >= 11 is 0. The van der Waals surface area contributed by atoms with Gasteiger partial charge in [-0.2, -0.15) is 0 Å². The van der Waals surface area contributed by atoms with Crippen LogP contribution in [0.1, 0.15) is 24.5 Å². The molecule has 0 spiro atoms. The number of benzene rings is 1. The smallest absolute Gasteiger partial charge is 0.313 e. The Hall–Kier alpha value is -1.88. The van der Waals surface area contributed by atoms with Crippen molar-refractivity contribution < 1.29 is 14.7 Å². The van der Waals surface area contributed by atoms with Gasteiger partial charge in [-0.05, 0) is 31.4 Å². The monoisotopic (exact) mass is 264 g/mol. The van der Waals surface area contributed by atoms with Gasteiger partial charge in [0, 0.05) is 5.69 Å². The lowest BCUT2D eigenvalue weighted by molar-refractivity contribution is -0.136. The highest BCUT2D eigenvalue weighted by atomic mass is 16.3. The fraction of sp³-hybridized carbons (Fsp3) is 0.429. The van der Waals surface area contributed by atoms with Gasteiger partial charge in [-0.25, -0.2) is 0 Å². The van der Waals surface area contributed by atoms with Crippen LogP contribution in [0.15, 0.2) is 18.2 Å². The molecule has 1 aromatic carbocycles. The standard InChI is InChI=1S/C14H20N2O3/c1-4-11(8-17)15-13(18)14(19)16-12-9(2)6-5-7-10(12)3/h5-7,11,17H,4,8H2,1-3H3,(H,15,18)(H,16,19). The SMILES string of the molecule is CCC(CO)NC(=O)C(=O)Nc1c(C)cccc1C. The predicted molar refractivity (Wildman–Crippen MR) is 73.9 cm³/mol. The fourth-order valence-electron chi connectivity index (χ4n) is 1.71. The van der Waals surface area contributed by atoms with E-state index in [9.17, 15) is 9.59 Å². The summed E-state index contributed by atoms with van der Waals surface area (Å²) in [5.74, 6) is -1.45. The Morgan fingerprint density at radius 2 is 1.79 bits per heavy atom. The third-order valence-electron chi connectivity index (χ3n) is 2.97. The Morgan fingerprint density at radius 3 is 2.26 bits per heavy atom. The summed E-state index contributed by atoms with van der Waals surface area (Å²) in [4.78, 5) is 23.4. The van der Waals surface area contributed by atoms with E-state index in [1.165, 1.54) is 0 Å². The van der Waals surface area contributed by atoms with Gasteiger partial charge in [-0.3, -0.25) is 9.59 Å². The van der Waals surface area contributed by atoms with E-state index in [1.54, 1.807) is 0 Å². The van der Waals surface area contributed by atoms with Crippen molar-refractivity contribution in [1.82, 2.24) is 5.32 Å². The van der Waals surface area contributed by atoms with Crippen LogP contribution in [0, 0.1) is 13.8 Å². The summed E-state index contributed by atoms with van der Waals surface area (Å²) in [6, 6.07) is 5.22. The third kappa shape index (κ3) is 4.06. The topological polar surface area (TPSA) is 78.4 Å². The van der Waals surface area contributed by atoms with Crippen molar-refractivity contribution in [1.29, 1.82) is 0 Å². The number of para-hydroxylation sites is 1. The molecule has 1 aromatic rings. The molecule has 0 aromatic heterocycles. The highest BCUT2D eigenvalue weighted by Gasteiger charge is 2.18. The first kappa shape index (κ1) is 15.2. The van der Waals surface area contributed by atoms with Gasteiger partial charge in [0.1, 0.15) is 0 Å². The second-order valence-electron chi connectivity index (χ2n) is 4.48. The molecule has 0 saturated carbocycles. The quantitative estimate of drug-likeness (QED) is 0.713. The van der Waals surface area contributed by atoms with Crippen molar-refractivity contribution in [2.75, 3.05) is 11.9 Å². The summed E-state index contributed by atoms with van der Waals surface area (Å²) in [6.45, 7) is 5.37. The normalized spacial score (nSPS) is 11.8. The molecular formula is C14H20N2O3. The van der Waals surface area contributed by atoms with E-state index >= 15 is 0 Å². The van der Waals surface area contributed by atoms with Gasteiger partial charge >= 0.3 is 11.8 Å². The minimum Gasteiger partial charge on any atom is -0.394 e. The molecule has 0 bridgehead atoms. The van der Waals surface area contributed by atoms with E-state index in [0.29, 0.717) is 12.1 Å². The zero-order valence-electron chi connectivity index (χ0n) is 11.5. The average molecular weight is 264 g/mol. The van der Waals surface area contributed by atoms with Gasteiger partial charge in [0.2, 0.25) is 0 Å². The van der Waals surface area contributed by atoms with Gasteiger partial charge in [0.05, 0.1) is 12.6 Å². The van der Waals surface area contributed by atoms with Crippen LogP contribution in [-0.4, -0.2) is 29.6 Å². The highest BCUT2D eigenvalue weighted by Crippen LogP contribution is 2.19. The molecule has 0 aliphatic heterocycles. The van der Waals surface area contributed by atoms with E-state index in [4.69, 9.17) is 5.11 Å². The maximum Gasteiger partial charge on any atom is 0.313 e. The predicted octanol–water partition coefficient (Wildman–Crippen LogP) is 1.13. The molecule has 2 amide bonds. The van der Waals surface area contributed by atoms with E-state index < -0.39 is 17.9 Å². The van der Waals surface area contributed by atoms with Crippen LogP contribution in [0.5, 0.6) is 0 Å². The first-order valence-corrected chi connectivity index (χ1v) is 6.28. The van der Waals surface area contributed by atoms with Crippen LogP contribution >= 0.6 is 0 Å². The third-order valence-corrected chi connectivity index (χ3v) is 2.97. The molecule has 1 unspecified atom stereocenters. The summed E-state index contributed by atoms with van der Waals surface area (Å²) in [7, 11) is 0. The number of carbonyl (C=O) groups is 2. The molecule has 5 nitrogen and oxygen atoms in total. The second-order valence-corrected chi connectivity index (χ2v) is 4.48. The minimum absolute atomic E-state index is 0.182. The van der Waals surface area contributed by atoms with Crippen LogP contribution in [0.4, 0.5) is 5.69 Å². The molecule has 0 heterocycles. The number of hydrogen-bond acceptors (Lipinski definition) is 3. The minimum atomic E-state index is -0.733. The molecule has 5 heteroatoms. The van der Waals surface area contributed by atoms with E-state index in [0.717, 1.165) is 11.1 Å². The molecule has 19 heavy (non-hydrogen) atoms.